The minimum atomic E-state index is -4.43. The van der Waals surface area contributed by atoms with Crippen LogP contribution in [-0.2, 0) is 24.1 Å². The predicted molar refractivity (Wildman–Crippen MR) is 107 cm³/mol. The van der Waals surface area contributed by atoms with Crippen LogP contribution in [0.5, 0.6) is 5.75 Å². The smallest absolute Gasteiger partial charge is 0.416 e. The minimum Gasteiger partial charge on any atom is -0.494 e. The van der Waals surface area contributed by atoms with Crippen LogP contribution >= 0.6 is 12.2 Å². The SMILES string of the molecule is CCOc1ccc(-c2n[nH]c(=S)n2CC(=O)NCc2cccc(C(F)(F)F)c2)cc1. The van der Waals surface area contributed by atoms with E-state index >= 15 is 0 Å². The van der Waals surface area contributed by atoms with Gasteiger partial charge in [-0.3, -0.25) is 14.5 Å². The van der Waals surface area contributed by atoms with E-state index < -0.39 is 17.6 Å². The quantitative estimate of drug-likeness (QED) is 0.541. The van der Waals surface area contributed by atoms with Crippen LogP contribution in [0.15, 0.2) is 48.5 Å². The number of nitrogens with one attached hydrogen (secondary N) is 2. The average Bonchev–Trinajstić information content (AvgIpc) is 3.07. The summed E-state index contributed by atoms with van der Waals surface area (Å²) in [6.07, 6.45) is -4.43. The Hall–Kier alpha value is -3.14. The number of hydrogen-bond acceptors (Lipinski definition) is 4. The summed E-state index contributed by atoms with van der Waals surface area (Å²) in [6, 6.07) is 12.0. The van der Waals surface area contributed by atoms with Gasteiger partial charge in [-0.1, -0.05) is 12.1 Å². The molecule has 0 aliphatic heterocycles. The van der Waals surface area contributed by atoms with Crippen LogP contribution in [0.25, 0.3) is 11.4 Å². The Bertz CT molecular complexity index is 1070. The molecule has 0 fully saturated rings. The summed E-state index contributed by atoms with van der Waals surface area (Å²) < 4.78 is 45.6. The van der Waals surface area contributed by atoms with Crippen LogP contribution in [0.4, 0.5) is 13.2 Å². The first-order valence-corrected chi connectivity index (χ1v) is 9.50. The summed E-state index contributed by atoms with van der Waals surface area (Å²) in [5.41, 5.74) is 0.321. The number of rotatable bonds is 7. The Kier molecular flexibility index (Phi) is 6.56. The molecule has 2 N–H and O–H groups in total. The van der Waals surface area contributed by atoms with Gasteiger partial charge in [0.1, 0.15) is 12.3 Å². The molecule has 0 spiro atoms. The average molecular weight is 436 g/mol. The molecule has 3 rings (SSSR count). The molecular formula is C20H19F3N4O2S. The molecule has 10 heteroatoms. The van der Waals surface area contributed by atoms with E-state index in [9.17, 15) is 18.0 Å². The van der Waals surface area contributed by atoms with Gasteiger partial charge in [-0.05, 0) is 61.1 Å². The van der Waals surface area contributed by atoms with E-state index in [2.05, 4.69) is 15.5 Å². The summed E-state index contributed by atoms with van der Waals surface area (Å²) in [5, 5.41) is 9.44. The first-order chi connectivity index (χ1) is 14.3. The molecule has 1 aromatic heterocycles. The van der Waals surface area contributed by atoms with Crippen LogP contribution < -0.4 is 10.1 Å². The van der Waals surface area contributed by atoms with Gasteiger partial charge < -0.3 is 10.1 Å². The van der Waals surface area contributed by atoms with Crippen molar-refractivity contribution in [1.82, 2.24) is 20.1 Å². The number of ether oxygens (including phenoxy) is 1. The van der Waals surface area contributed by atoms with Gasteiger partial charge in [-0.25, -0.2) is 0 Å². The number of carbonyl (C=O) groups excluding carboxylic acids is 1. The monoisotopic (exact) mass is 436 g/mol. The predicted octanol–water partition coefficient (Wildman–Crippen LogP) is 4.34. The maximum Gasteiger partial charge on any atom is 0.416 e. The van der Waals surface area contributed by atoms with Gasteiger partial charge in [-0.15, -0.1) is 0 Å². The van der Waals surface area contributed by atoms with Crippen molar-refractivity contribution in [3.63, 3.8) is 0 Å². The Morgan fingerprint density at radius 3 is 2.63 bits per heavy atom. The molecule has 30 heavy (non-hydrogen) atoms. The number of amides is 1. The zero-order valence-corrected chi connectivity index (χ0v) is 16.8. The molecule has 0 saturated carbocycles. The molecule has 1 amide bonds. The van der Waals surface area contributed by atoms with Crippen molar-refractivity contribution in [1.29, 1.82) is 0 Å². The number of H-pyrrole nitrogens is 1. The number of halogens is 3. The normalized spacial score (nSPS) is 11.3. The van der Waals surface area contributed by atoms with Gasteiger partial charge in [0, 0.05) is 12.1 Å². The Balaban J connectivity index is 1.69. The highest BCUT2D eigenvalue weighted by molar-refractivity contribution is 7.71. The highest BCUT2D eigenvalue weighted by Gasteiger charge is 2.30. The van der Waals surface area contributed by atoms with Crippen molar-refractivity contribution < 1.29 is 22.7 Å². The third kappa shape index (κ3) is 5.26. The van der Waals surface area contributed by atoms with E-state index in [1.165, 1.54) is 16.7 Å². The Morgan fingerprint density at radius 1 is 1.23 bits per heavy atom. The summed E-state index contributed by atoms with van der Waals surface area (Å²) in [6.45, 7) is 2.27. The molecule has 0 unspecified atom stereocenters. The van der Waals surface area contributed by atoms with E-state index in [4.69, 9.17) is 17.0 Å². The second-order valence-corrected chi connectivity index (χ2v) is 6.76. The first-order valence-electron chi connectivity index (χ1n) is 9.09. The maximum atomic E-state index is 12.8. The fourth-order valence-corrected chi connectivity index (χ4v) is 3.01. The lowest BCUT2D eigenvalue weighted by Crippen LogP contribution is -2.27. The second kappa shape index (κ2) is 9.12. The number of aromatic amines is 1. The molecule has 0 radical (unpaired) electrons. The van der Waals surface area contributed by atoms with Crippen LogP contribution in [0.3, 0.4) is 0 Å². The first kappa shape index (κ1) is 21.6. The van der Waals surface area contributed by atoms with E-state index in [0.717, 1.165) is 17.7 Å². The molecule has 3 aromatic rings. The molecule has 0 aliphatic rings. The van der Waals surface area contributed by atoms with Gasteiger partial charge in [0.15, 0.2) is 10.6 Å². The van der Waals surface area contributed by atoms with E-state index in [-0.39, 0.29) is 17.9 Å². The summed E-state index contributed by atoms with van der Waals surface area (Å²) in [4.78, 5) is 12.4. The summed E-state index contributed by atoms with van der Waals surface area (Å²) in [5.74, 6) is 0.773. The number of nitrogens with zero attached hydrogens (tertiary/aromatic N) is 2. The van der Waals surface area contributed by atoms with Crippen LogP contribution in [0, 0.1) is 4.77 Å². The fourth-order valence-electron chi connectivity index (χ4n) is 2.81. The number of hydrogen-bond donors (Lipinski definition) is 2. The molecule has 0 bridgehead atoms. The Labute approximate surface area is 175 Å². The van der Waals surface area contributed by atoms with Crippen LogP contribution in [0.1, 0.15) is 18.1 Å². The van der Waals surface area contributed by atoms with Crippen molar-refractivity contribution in [2.24, 2.45) is 0 Å². The fraction of sp³-hybridized carbons (Fsp3) is 0.250. The summed E-state index contributed by atoms with van der Waals surface area (Å²) in [7, 11) is 0. The van der Waals surface area contributed by atoms with Crippen molar-refractivity contribution in [2.75, 3.05) is 6.61 Å². The number of benzene rings is 2. The van der Waals surface area contributed by atoms with Crippen LogP contribution in [0.2, 0.25) is 0 Å². The van der Waals surface area contributed by atoms with Crippen molar-refractivity contribution in [3.05, 3.63) is 64.4 Å². The lowest BCUT2D eigenvalue weighted by atomic mass is 10.1. The lowest BCUT2D eigenvalue weighted by Gasteiger charge is -2.11. The van der Waals surface area contributed by atoms with Gasteiger partial charge in [0.2, 0.25) is 5.91 Å². The highest BCUT2D eigenvalue weighted by atomic mass is 32.1. The zero-order valence-electron chi connectivity index (χ0n) is 16.0. The highest BCUT2D eigenvalue weighted by Crippen LogP contribution is 2.29. The summed E-state index contributed by atoms with van der Waals surface area (Å²) >= 11 is 5.21. The van der Waals surface area contributed by atoms with E-state index in [0.29, 0.717) is 23.7 Å². The molecule has 158 valence electrons. The van der Waals surface area contributed by atoms with Gasteiger partial charge in [0.05, 0.1) is 12.2 Å². The Morgan fingerprint density at radius 2 is 1.97 bits per heavy atom. The minimum absolute atomic E-state index is 0.0354. The van der Waals surface area contributed by atoms with Crippen molar-refractivity contribution in [2.45, 2.75) is 26.2 Å². The molecule has 1 heterocycles. The van der Waals surface area contributed by atoms with Crippen molar-refractivity contribution >= 4 is 18.1 Å². The number of carbonyl (C=O) groups is 1. The van der Waals surface area contributed by atoms with Crippen molar-refractivity contribution in [3.8, 4) is 17.1 Å². The molecule has 0 atom stereocenters. The molecular weight excluding hydrogens is 417 g/mol. The number of aromatic nitrogens is 3. The van der Waals surface area contributed by atoms with E-state index in [1.807, 2.05) is 6.92 Å². The zero-order chi connectivity index (χ0) is 21.7. The van der Waals surface area contributed by atoms with E-state index in [1.54, 1.807) is 24.3 Å². The largest absolute Gasteiger partial charge is 0.494 e. The van der Waals surface area contributed by atoms with Gasteiger partial charge in [-0.2, -0.15) is 18.3 Å². The van der Waals surface area contributed by atoms with Gasteiger partial charge in [0.25, 0.3) is 0 Å². The maximum absolute atomic E-state index is 12.8. The lowest BCUT2D eigenvalue weighted by molar-refractivity contribution is -0.137. The van der Waals surface area contributed by atoms with Crippen LogP contribution in [-0.4, -0.2) is 27.3 Å². The third-order valence-electron chi connectivity index (χ3n) is 4.23. The number of alkyl halides is 3. The second-order valence-electron chi connectivity index (χ2n) is 6.37. The third-order valence-corrected chi connectivity index (χ3v) is 4.54. The molecule has 6 nitrogen and oxygen atoms in total. The van der Waals surface area contributed by atoms with Gasteiger partial charge >= 0.3 is 6.18 Å². The molecule has 0 aliphatic carbocycles. The molecule has 2 aromatic carbocycles. The standard InChI is InChI=1S/C20H19F3N4O2S/c1-2-29-16-8-6-14(7-9-16)18-25-26-19(30)27(18)12-17(28)24-11-13-4-3-5-15(10-13)20(21,22)23/h3-10H,2,11-12H2,1H3,(H,24,28)(H,26,30). The topological polar surface area (TPSA) is 71.9 Å². The molecule has 0 saturated heterocycles.